The van der Waals surface area contributed by atoms with E-state index >= 15 is 4.39 Å². The van der Waals surface area contributed by atoms with E-state index in [1.54, 1.807) is 24.3 Å². The van der Waals surface area contributed by atoms with E-state index in [1.807, 2.05) is 18.6 Å². The summed E-state index contributed by atoms with van der Waals surface area (Å²) in [5.74, 6) is -4.48. The van der Waals surface area contributed by atoms with Crippen molar-refractivity contribution in [2.45, 2.75) is 50.5 Å². The van der Waals surface area contributed by atoms with Crippen molar-refractivity contribution in [3.63, 3.8) is 0 Å². The number of halogens is 3. The summed E-state index contributed by atoms with van der Waals surface area (Å²) in [7, 11) is 1.52. The minimum Gasteiger partial charge on any atom is -0.497 e. The number of carbonyl (C=O) groups is 1. The van der Waals surface area contributed by atoms with Crippen molar-refractivity contribution in [2.24, 2.45) is 5.41 Å². The first-order valence-electron chi connectivity index (χ1n) is 17.7. The zero-order valence-electron chi connectivity index (χ0n) is 28.9. The summed E-state index contributed by atoms with van der Waals surface area (Å²) in [6.07, 6.45) is 13.2. The van der Waals surface area contributed by atoms with Crippen molar-refractivity contribution >= 4 is 17.5 Å². The predicted molar refractivity (Wildman–Crippen MR) is 189 cm³/mol. The third kappa shape index (κ3) is 6.42. The predicted octanol–water partition coefficient (Wildman–Crippen LogP) is 6.23. The number of aromatic nitrogens is 4. The van der Waals surface area contributed by atoms with Gasteiger partial charge in [0.15, 0.2) is 17.4 Å². The summed E-state index contributed by atoms with van der Waals surface area (Å²) in [6.45, 7) is 3.73. The molecule has 0 unspecified atom stereocenters. The lowest BCUT2D eigenvalue weighted by atomic mass is 9.53. The van der Waals surface area contributed by atoms with Gasteiger partial charge in [-0.2, -0.15) is 4.39 Å². The summed E-state index contributed by atoms with van der Waals surface area (Å²) in [5.41, 5.74) is 3.56. The molecule has 1 amide bonds. The summed E-state index contributed by atoms with van der Waals surface area (Å²) in [5, 5.41) is 6.13. The number of rotatable bonds is 10. The molecule has 4 heterocycles. The van der Waals surface area contributed by atoms with Gasteiger partial charge in [-0.3, -0.25) is 4.79 Å². The quantitative estimate of drug-likeness (QED) is 0.165. The van der Waals surface area contributed by atoms with Crippen LogP contribution in [0.25, 0.3) is 16.8 Å². The number of hydrogen-bond acceptors (Lipinski definition) is 8. The van der Waals surface area contributed by atoms with Crippen molar-refractivity contribution in [1.29, 1.82) is 0 Å². The molecule has 3 aromatic heterocycles. The van der Waals surface area contributed by atoms with Crippen LogP contribution < -0.4 is 25.0 Å². The summed E-state index contributed by atoms with van der Waals surface area (Å²) < 4.78 is 57.4. The molecule has 0 radical (unpaired) electrons. The number of pyridine rings is 1. The van der Waals surface area contributed by atoms with Crippen LogP contribution >= 0.6 is 0 Å². The van der Waals surface area contributed by atoms with Gasteiger partial charge in [0, 0.05) is 68.5 Å². The van der Waals surface area contributed by atoms with Crippen molar-refractivity contribution < 1.29 is 27.4 Å². The van der Waals surface area contributed by atoms with Gasteiger partial charge in [0.1, 0.15) is 18.0 Å². The SMILES string of the molecule is COc1ccc(COc2c(F)cc(C(=O)NCC34CCC(c5cn6ccc(-c7cnc(N8CCNCC8)nc7)cc6n5)(CC3)CC4)c(F)c2F)cc1. The Bertz CT molecular complexity index is 2080. The molecule has 3 saturated carbocycles. The first-order valence-corrected chi connectivity index (χ1v) is 17.7. The number of fused-ring (bicyclic) bond motifs is 4. The highest BCUT2D eigenvalue weighted by Gasteiger charge is 2.50. The average molecular weight is 712 g/mol. The number of hydrogen-bond donors (Lipinski definition) is 2. The van der Waals surface area contributed by atoms with E-state index in [0.717, 1.165) is 93.1 Å². The van der Waals surface area contributed by atoms with Gasteiger partial charge in [-0.15, -0.1) is 0 Å². The highest BCUT2D eigenvalue weighted by atomic mass is 19.2. The Morgan fingerprint density at radius 2 is 1.63 bits per heavy atom. The highest BCUT2D eigenvalue weighted by molar-refractivity contribution is 5.94. The maximum atomic E-state index is 15.1. The van der Waals surface area contributed by atoms with Crippen molar-refractivity contribution in [3.05, 3.63) is 102 Å². The van der Waals surface area contributed by atoms with Crippen LogP contribution in [0.4, 0.5) is 19.1 Å². The lowest BCUT2D eigenvalue weighted by Gasteiger charge is -2.53. The number of anilines is 1. The van der Waals surface area contributed by atoms with Crippen LogP contribution in [0, 0.1) is 22.9 Å². The van der Waals surface area contributed by atoms with Gasteiger partial charge in [-0.1, -0.05) is 12.1 Å². The number of ether oxygens (including phenoxy) is 2. The Balaban J connectivity index is 0.895. The molecule has 3 aliphatic carbocycles. The second kappa shape index (κ2) is 13.8. The molecule has 52 heavy (non-hydrogen) atoms. The highest BCUT2D eigenvalue weighted by Crippen LogP contribution is 2.57. The number of nitrogens with one attached hydrogen (secondary N) is 2. The molecule has 4 aliphatic rings. The second-order valence-electron chi connectivity index (χ2n) is 14.3. The molecule has 1 saturated heterocycles. The maximum Gasteiger partial charge on any atom is 0.254 e. The molecule has 2 aromatic carbocycles. The van der Waals surface area contributed by atoms with Crippen LogP contribution in [0.15, 0.2) is 67.3 Å². The number of nitrogens with zero attached hydrogens (tertiary/aromatic N) is 5. The number of piperazine rings is 1. The Hall–Kier alpha value is -5.17. The van der Waals surface area contributed by atoms with Gasteiger partial charge in [0.2, 0.25) is 11.8 Å². The molecule has 270 valence electrons. The minimum atomic E-state index is -1.53. The van der Waals surface area contributed by atoms with Gasteiger partial charge in [-0.25, -0.2) is 23.7 Å². The topological polar surface area (TPSA) is 106 Å². The summed E-state index contributed by atoms with van der Waals surface area (Å²) in [6, 6.07) is 11.5. The molecule has 10 nitrogen and oxygen atoms in total. The van der Waals surface area contributed by atoms with Crippen LogP contribution in [-0.2, 0) is 12.0 Å². The Morgan fingerprint density at radius 1 is 0.923 bits per heavy atom. The van der Waals surface area contributed by atoms with E-state index in [9.17, 15) is 13.6 Å². The van der Waals surface area contributed by atoms with E-state index in [1.165, 1.54) is 7.11 Å². The monoisotopic (exact) mass is 711 g/mol. The molecule has 9 rings (SSSR count). The van der Waals surface area contributed by atoms with Gasteiger partial charge < -0.3 is 29.4 Å². The van der Waals surface area contributed by atoms with Crippen LogP contribution in [0.5, 0.6) is 11.5 Å². The Kier molecular flexibility index (Phi) is 8.98. The third-order valence-corrected chi connectivity index (χ3v) is 11.3. The number of methoxy groups -OCH3 is 1. The van der Waals surface area contributed by atoms with Crippen LogP contribution in [0.2, 0.25) is 0 Å². The fourth-order valence-corrected chi connectivity index (χ4v) is 7.94. The minimum absolute atomic E-state index is 0.0635. The zero-order chi connectivity index (χ0) is 35.9. The Morgan fingerprint density at radius 3 is 2.33 bits per heavy atom. The van der Waals surface area contributed by atoms with Crippen LogP contribution in [-0.4, -0.2) is 65.1 Å². The van der Waals surface area contributed by atoms with E-state index < -0.39 is 34.7 Å². The molecule has 5 aromatic rings. The molecule has 13 heteroatoms. The van der Waals surface area contributed by atoms with E-state index in [2.05, 4.69) is 48.2 Å². The van der Waals surface area contributed by atoms with Gasteiger partial charge in [0.25, 0.3) is 5.91 Å². The van der Waals surface area contributed by atoms with E-state index in [-0.39, 0.29) is 17.4 Å². The standard InChI is InChI=1S/C39H40F3N7O3/c1-51-28-4-2-25(3-5-28)23-52-35-30(40)19-29(33(41)34(35)42)36(50)46-24-38-7-10-39(11-8-38,12-9-38)31-22-49-15-6-26(18-32(49)47-31)27-20-44-37(45-21-27)48-16-13-43-14-17-48/h2-6,15,18-22,43H,7-14,16-17,23-24H2,1H3,(H,46,50). The van der Waals surface area contributed by atoms with Gasteiger partial charge in [0.05, 0.1) is 18.4 Å². The second-order valence-corrected chi connectivity index (χ2v) is 14.3. The maximum absolute atomic E-state index is 15.1. The molecule has 0 atom stereocenters. The smallest absolute Gasteiger partial charge is 0.254 e. The van der Waals surface area contributed by atoms with E-state index in [4.69, 9.17) is 14.5 Å². The van der Waals surface area contributed by atoms with Crippen LogP contribution in [0.3, 0.4) is 0 Å². The lowest BCUT2D eigenvalue weighted by molar-refractivity contribution is 0.0368. The summed E-state index contributed by atoms with van der Waals surface area (Å²) >= 11 is 0. The molecular formula is C39H40F3N7O3. The number of carbonyl (C=O) groups excluding carboxylic acids is 1. The zero-order valence-corrected chi connectivity index (χ0v) is 28.9. The van der Waals surface area contributed by atoms with Crippen molar-refractivity contribution in [1.82, 2.24) is 30.0 Å². The fourth-order valence-electron chi connectivity index (χ4n) is 7.94. The first kappa shape index (κ1) is 33.9. The number of amides is 1. The van der Waals surface area contributed by atoms with Crippen molar-refractivity contribution in [2.75, 3.05) is 44.7 Å². The lowest BCUT2D eigenvalue weighted by Crippen LogP contribution is -2.49. The van der Waals surface area contributed by atoms with Gasteiger partial charge in [-0.05, 0) is 85.4 Å². The number of benzene rings is 2. The molecular weight excluding hydrogens is 671 g/mol. The third-order valence-electron chi connectivity index (χ3n) is 11.3. The molecule has 2 N–H and O–H groups in total. The summed E-state index contributed by atoms with van der Waals surface area (Å²) in [4.78, 5) is 29.6. The molecule has 0 spiro atoms. The molecule has 4 fully saturated rings. The molecule has 2 bridgehead atoms. The molecule has 1 aliphatic heterocycles. The largest absolute Gasteiger partial charge is 0.497 e. The van der Waals surface area contributed by atoms with E-state index in [0.29, 0.717) is 23.9 Å². The first-order chi connectivity index (χ1) is 25.2. The average Bonchev–Trinajstić information content (AvgIpc) is 3.64. The van der Waals surface area contributed by atoms with Crippen molar-refractivity contribution in [3.8, 4) is 22.6 Å². The van der Waals surface area contributed by atoms with Crippen LogP contribution in [0.1, 0.15) is 60.1 Å². The fraction of sp³-hybridized carbons (Fsp3) is 0.385. The normalized spacial score (nSPS) is 21.3. The van der Waals surface area contributed by atoms with Gasteiger partial charge >= 0.3 is 0 Å². The Labute approximate surface area is 299 Å². The number of imidazole rings is 1.